The average molecular weight is 243 g/mol. The molecule has 0 radical (unpaired) electrons. The first-order valence-corrected chi connectivity index (χ1v) is 5.57. The molecular formula is C12H12Cl2O. The largest absolute Gasteiger partial charge is 0.298 e. The summed E-state index contributed by atoms with van der Waals surface area (Å²) in [4.78, 5) is 10.8. The van der Waals surface area contributed by atoms with Crippen LogP contribution in [0.15, 0.2) is 29.8 Å². The van der Waals surface area contributed by atoms with E-state index in [4.69, 9.17) is 23.2 Å². The minimum Gasteiger partial charge on any atom is -0.298 e. The molecule has 0 aliphatic rings. The maximum atomic E-state index is 10.8. The quantitative estimate of drug-likeness (QED) is 0.447. The summed E-state index contributed by atoms with van der Waals surface area (Å²) < 4.78 is 0. The molecule has 0 N–H and O–H groups in total. The molecule has 0 saturated carbocycles. The highest BCUT2D eigenvalue weighted by Crippen LogP contribution is 2.24. The van der Waals surface area contributed by atoms with Gasteiger partial charge in [-0.15, -0.1) is 11.6 Å². The monoisotopic (exact) mass is 242 g/mol. The van der Waals surface area contributed by atoms with E-state index in [0.29, 0.717) is 22.9 Å². The lowest BCUT2D eigenvalue weighted by Crippen LogP contribution is -1.91. The standard InChI is InChI=1S/C12H12Cl2O/c1-9-2-4-10(5-3-9)12(14)11(8-15)6-7-13/h2-5,8H,6-7H2,1H3/b12-11+. The third-order valence-electron chi connectivity index (χ3n) is 2.09. The number of allylic oxidation sites excluding steroid dienone is 1. The Bertz CT molecular complexity index is 366. The first-order chi connectivity index (χ1) is 7.19. The van der Waals surface area contributed by atoms with Crippen molar-refractivity contribution in [3.63, 3.8) is 0 Å². The molecule has 0 saturated heterocycles. The number of carbonyl (C=O) groups is 1. The molecule has 0 aromatic heterocycles. The van der Waals surface area contributed by atoms with Gasteiger partial charge in [0.15, 0.2) is 0 Å². The van der Waals surface area contributed by atoms with Crippen molar-refractivity contribution < 1.29 is 4.79 Å². The van der Waals surface area contributed by atoms with Crippen molar-refractivity contribution in [3.8, 4) is 0 Å². The van der Waals surface area contributed by atoms with Gasteiger partial charge in [0.2, 0.25) is 0 Å². The highest BCUT2D eigenvalue weighted by Gasteiger charge is 2.05. The average Bonchev–Trinajstić information content (AvgIpc) is 2.26. The summed E-state index contributed by atoms with van der Waals surface area (Å²) in [5.41, 5.74) is 2.57. The highest BCUT2D eigenvalue weighted by molar-refractivity contribution is 6.50. The van der Waals surface area contributed by atoms with Crippen LogP contribution in [0, 0.1) is 6.92 Å². The summed E-state index contributed by atoms with van der Waals surface area (Å²) in [6, 6.07) is 7.71. The van der Waals surface area contributed by atoms with E-state index in [-0.39, 0.29) is 0 Å². The molecule has 1 nitrogen and oxygen atoms in total. The van der Waals surface area contributed by atoms with Crippen molar-refractivity contribution in [1.82, 2.24) is 0 Å². The molecule has 0 fully saturated rings. The van der Waals surface area contributed by atoms with Gasteiger partial charge in [-0.1, -0.05) is 41.4 Å². The van der Waals surface area contributed by atoms with Crippen LogP contribution in [0.5, 0.6) is 0 Å². The molecule has 1 aromatic rings. The molecule has 0 unspecified atom stereocenters. The van der Waals surface area contributed by atoms with Crippen LogP contribution in [0.1, 0.15) is 17.5 Å². The third-order valence-corrected chi connectivity index (χ3v) is 2.74. The zero-order valence-electron chi connectivity index (χ0n) is 8.47. The zero-order valence-corrected chi connectivity index (χ0v) is 9.98. The molecule has 80 valence electrons. The van der Waals surface area contributed by atoms with E-state index in [1.807, 2.05) is 31.2 Å². The van der Waals surface area contributed by atoms with Gasteiger partial charge in [0.25, 0.3) is 0 Å². The van der Waals surface area contributed by atoms with Crippen molar-refractivity contribution >= 4 is 34.5 Å². The number of aryl methyl sites for hydroxylation is 1. The number of hydrogen-bond donors (Lipinski definition) is 0. The molecule has 0 heterocycles. The molecular weight excluding hydrogens is 231 g/mol. The van der Waals surface area contributed by atoms with Gasteiger partial charge in [-0.2, -0.15) is 0 Å². The van der Waals surface area contributed by atoms with Gasteiger partial charge >= 0.3 is 0 Å². The number of halogens is 2. The van der Waals surface area contributed by atoms with Crippen molar-refractivity contribution in [2.75, 3.05) is 5.88 Å². The second-order valence-electron chi connectivity index (χ2n) is 3.26. The van der Waals surface area contributed by atoms with E-state index in [2.05, 4.69) is 0 Å². The minimum absolute atomic E-state index is 0.399. The van der Waals surface area contributed by atoms with Gasteiger partial charge in [-0.25, -0.2) is 0 Å². The number of benzene rings is 1. The summed E-state index contributed by atoms with van der Waals surface area (Å²) in [5, 5.41) is 0.491. The third kappa shape index (κ3) is 3.37. The Kier molecular flexibility index (Phi) is 4.86. The molecule has 0 atom stereocenters. The summed E-state index contributed by atoms with van der Waals surface area (Å²) in [6.45, 7) is 2.00. The Hall–Kier alpha value is -0.790. The summed E-state index contributed by atoms with van der Waals surface area (Å²) in [5.74, 6) is 0.399. The highest BCUT2D eigenvalue weighted by atomic mass is 35.5. The minimum atomic E-state index is 0.399. The topological polar surface area (TPSA) is 17.1 Å². The molecule has 1 rings (SSSR count). The Labute approximate surface area is 99.7 Å². The van der Waals surface area contributed by atoms with Gasteiger partial charge in [0.05, 0.1) is 5.03 Å². The lowest BCUT2D eigenvalue weighted by atomic mass is 10.1. The number of hydrogen-bond acceptors (Lipinski definition) is 1. The van der Waals surface area contributed by atoms with E-state index >= 15 is 0 Å². The van der Waals surface area contributed by atoms with Crippen LogP contribution in [-0.2, 0) is 4.79 Å². The van der Waals surface area contributed by atoms with E-state index in [1.54, 1.807) is 0 Å². The van der Waals surface area contributed by atoms with Crippen molar-refractivity contribution in [2.24, 2.45) is 0 Å². The van der Waals surface area contributed by atoms with E-state index < -0.39 is 0 Å². The second kappa shape index (κ2) is 5.94. The van der Waals surface area contributed by atoms with Crippen molar-refractivity contribution in [1.29, 1.82) is 0 Å². The van der Waals surface area contributed by atoms with Gasteiger partial charge in [-0.3, -0.25) is 4.79 Å². The van der Waals surface area contributed by atoms with Crippen molar-refractivity contribution in [3.05, 3.63) is 41.0 Å². The second-order valence-corrected chi connectivity index (χ2v) is 4.02. The van der Waals surface area contributed by atoms with Crippen LogP contribution in [0.25, 0.3) is 5.03 Å². The number of rotatable bonds is 4. The normalized spacial score (nSPS) is 12.2. The maximum Gasteiger partial charge on any atom is 0.147 e. The van der Waals surface area contributed by atoms with Crippen LogP contribution < -0.4 is 0 Å². The molecule has 0 aliphatic carbocycles. The Morgan fingerprint density at radius 3 is 2.40 bits per heavy atom. The van der Waals surface area contributed by atoms with E-state index in [9.17, 15) is 4.79 Å². The van der Waals surface area contributed by atoms with E-state index in [1.165, 1.54) is 0 Å². The van der Waals surface area contributed by atoms with Crippen LogP contribution in [0.2, 0.25) is 0 Å². The molecule has 0 bridgehead atoms. The van der Waals surface area contributed by atoms with Gasteiger partial charge < -0.3 is 0 Å². The van der Waals surface area contributed by atoms with Crippen LogP contribution >= 0.6 is 23.2 Å². The number of carbonyl (C=O) groups excluding carboxylic acids is 1. The van der Waals surface area contributed by atoms with Crippen LogP contribution in [-0.4, -0.2) is 12.2 Å². The lowest BCUT2D eigenvalue weighted by molar-refractivity contribution is -0.104. The van der Waals surface area contributed by atoms with Gasteiger partial charge in [0.1, 0.15) is 6.29 Å². The summed E-state index contributed by atoms with van der Waals surface area (Å²) in [6.07, 6.45) is 1.27. The fourth-order valence-corrected chi connectivity index (χ4v) is 1.68. The van der Waals surface area contributed by atoms with Crippen molar-refractivity contribution in [2.45, 2.75) is 13.3 Å². The fourth-order valence-electron chi connectivity index (χ4n) is 1.21. The first-order valence-electron chi connectivity index (χ1n) is 4.66. The predicted molar refractivity (Wildman–Crippen MR) is 65.4 cm³/mol. The SMILES string of the molecule is Cc1ccc(/C(Cl)=C(\C=O)CCCl)cc1. The summed E-state index contributed by atoms with van der Waals surface area (Å²) in [7, 11) is 0. The predicted octanol–water partition coefficient (Wildman–Crippen LogP) is 3.77. The summed E-state index contributed by atoms with van der Waals surface area (Å²) >= 11 is 11.7. The molecule has 0 aliphatic heterocycles. The first kappa shape index (κ1) is 12.3. The lowest BCUT2D eigenvalue weighted by Gasteiger charge is -2.03. The zero-order chi connectivity index (χ0) is 11.3. The Balaban J connectivity index is 3.04. The molecule has 0 amide bonds. The molecule has 0 spiro atoms. The van der Waals surface area contributed by atoms with Crippen LogP contribution in [0.4, 0.5) is 0 Å². The Morgan fingerprint density at radius 1 is 1.33 bits per heavy atom. The fraction of sp³-hybridized carbons (Fsp3) is 0.250. The van der Waals surface area contributed by atoms with Gasteiger partial charge in [-0.05, 0) is 18.9 Å². The Morgan fingerprint density at radius 2 is 1.93 bits per heavy atom. The van der Waals surface area contributed by atoms with Gasteiger partial charge in [0, 0.05) is 11.5 Å². The van der Waals surface area contributed by atoms with E-state index in [0.717, 1.165) is 17.4 Å². The number of alkyl halides is 1. The van der Waals surface area contributed by atoms with Crippen LogP contribution in [0.3, 0.4) is 0 Å². The molecule has 15 heavy (non-hydrogen) atoms. The molecule has 3 heteroatoms. The smallest absolute Gasteiger partial charge is 0.147 e. The molecule has 1 aromatic carbocycles. The number of aldehydes is 1. The maximum absolute atomic E-state index is 10.8.